The lowest BCUT2D eigenvalue weighted by molar-refractivity contribution is 0.0950. The van der Waals surface area contributed by atoms with E-state index in [9.17, 15) is 13.2 Å². The number of nitrogens with one attached hydrogen (secondary N) is 2. The van der Waals surface area contributed by atoms with Crippen molar-refractivity contribution in [3.8, 4) is 0 Å². The van der Waals surface area contributed by atoms with Gasteiger partial charge in [-0.05, 0) is 80.7 Å². The number of hydrogen-bond donors (Lipinski definition) is 2. The fraction of sp³-hybridized carbons (Fsp3) is 0.321. The average Bonchev–Trinajstić information content (AvgIpc) is 2.85. The molecule has 1 aliphatic heterocycles. The molecule has 0 spiro atoms. The molecule has 0 saturated carbocycles. The van der Waals surface area contributed by atoms with Crippen LogP contribution in [0, 0.1) is 13.8 Å². The number of piperidine rings is 1. The van der Waals surface area contributed by atoms with Crippen molar-refractivity contribution in [2.24, 2.45) is 0 Å². The lowest BCUT2D eigenvalue weighted by atomic mass is 10.1. The number of nitrogens with zero attached hydrogens (tertiary/aromatic N) is 1. The molecule has 184 valence electrons. The molecule has 1 saturated heterocycles. The van der Waals surface area contributed by atoms with Gasteiger partial charge in [0.2, 0.25) is 0 Å². The molecule has 7 heteroatoms. The summed E-state index contributed by atoms with van der Waals surface area (Å²) in [4.78, 5) is 15.4. The van der Waals surface area contributed by atoms with Gasteiger partial charge >= 0.3 is 0 Å². The molecule has 35 heavy (non-hydrogen) atoms. The van der Waals surface area contributed by atoms with E-state index in [2.05, 4.69) is 27.1 Å². The van der Waals surface area contributed by atoms with Gasteiger partial charge in [-0.1, -0.05) is 54.4 Å². The molecule has 0 radical (unpaired) electrons. The van der Waals surface area contributed by atoms with Crippen molar-refractivity contribution < 1.29 is 13.2 Å². The predicted octanol–water partition coefficient (Wildman–Crippen LogP) is 5.02. The van der Waals surface area contributed by atoms with Crippen LogP contribution in [0.5, 0.6) is 0 Å². The molecule has 0 atom stereocenters. The summed E-state index contributed by atoms with van der Waals surface area (Å²) < 4.78 is 28.6. The molecule has 1 amide bonds. The van der Waals surface area contributed by atoms with Gasteiger partial charge in [0.15, 0.2) is 0 Å². The fourth-order valence-electron chi connectivity index (χ4n) is 4.29. The molecule has 1 heterocycles. The van der Waals surface area contributed by atoms with E-state index < -0.39 is 10.0 Å². The molecule has 3 aromatic carbocycles. The quantitative estimate of drug-likeness (QED) is 0.464. The SMILES string of the molecule is Cc1ccc(NS(=O)(=O)c2cc(C(=O)NCc3ccc(CN4CCCCC4)cc3)ccc2C)cc1. The maximum Gasteiger partial charge on any atom is 0.262 e. The van der Waals surface area contributed by atoms with Gasteiger partial charge in [0.1, 0.15) is 0 Å². The van der Waals surface area contributed by atoms with Crippen molar-refractivity contribution in [3.05, 3.63) is 94.5 Å². The highest BCUT2D eigenvalue weighted by molar-refractivity contribution is 7.92. The molecule has 0 bridgehead atoms. The van der Waals surface area contributed by atoms with Gasteiger partial charge in [-0.25, -0.2) is 8.42 Å². The standard InChI is InChI=1S/C28H33N3O3S/c1-21-6-14-26(15-7-21)30-35(33,34)27-18-25(13-8-22(27)2)28(32)29-19-23-9-11-24(12-10-23)20-31-16-4-3-5-17-31/h6-15,18,30H,3-5,16-17,19-20H2,1-2H3,(H,29,32). The van der Waals surface area contributed by atoms with E-state index in [1.54, 1.807) is 31.2 Å². The summed E-state index contributed by atoms with van der Waals surface area (Å²) in [6.07, 6.45) is 3.87. The Morgan fingerprint density at radius 1 is 0.857 bits per heavy atom. The van der Waals surface area contributed by atoms with Crippen molar-refractivity contribution in [1.29, 1.82) is 0 Å². The van der Waals surface area contributed by atoms with Crippen molar-refractivity contribution in [2.45, 2.75) is 51.1 Å². The smallest absolute Gasteiger partial charge is 0.262 e. The fourth-order valence-corrected chi connectivity index (χ4v) is 5.62. The molecule has 0 aliphatic carbocycles. The zero-order valence-corrected chi connectivity index (χ0v) is 21.2. The second-order valence-corrected chi connectivity index (χ2v) is 10.9. The van der Waals surface area contributed by atoms with Gasteiger partial charge < -0.3 is 5.32 Å². The number of carbonyl (C=O) groups excluding carboxylic acids is 1. The number of likely N-dealkylation sites (tertiary alicyclic amines) is 1. The van der Waals surface area contributed by atoms with Crippen LogP contribution in [-0.4, -0.2) is 32.3 Å². The first-order valence-corrected chi connectivity index (χ1v) is 13.6. The van der Waals surface area contributed by atoms with E-state index in [1.165, 1.54) is 30.9 Å². The first kappa shape index (κ1) is 24.9. The minimum atomic E-state index is -3.83. The van der Waals surface area contributed by atoms with Crippen LogP contribution in [0.2, 0.25) is 0 Å². The highest BCUT2D eigenvalue weighted by Crippen LogP contribution is 2.21. The van der Waals surface area contributed by atoms with Crippen LogP contribution < -0.4 is 10.0 Å². The monoisotopic (exact) mass is 491 g/mol. The lowest BCUT2D eigenvalue weighted by Crippen LogP contribution is -2.29. The van der Waals surface area contributed by atoms with E-state index in [4.69, 9.17) is 0 Å². The number of hydrogen-bond acceptors (Lipinski definition) is 4. The number of sulfonamides is 1. The zero-order chi connectivity index (χ0) is 24.8. The zero-order valence-electron chi connectivity index (χ0n) is 20.4. The summed E-state index contributed by atoms with van der Waals surface area (Å²) in [5.74, 6) is -0.311. The summed E-state index contributed by atoms with van der Waals surface area (Å²) in [7, 11) is -3.83. The first-order chi connectivity index (χ1) is 16.8. The van der Waals surface area contributed by atoms with Crippen LogP contribution in [-0.2, 0) is 23.1 Å². The van der Waals surface area contributed by atoms with Gasteiger partial charge in [0.25, 0.3) is 15.9 Å². The summed E-state index contributed by atoms with van der Waals surface area (Å²) in [5, 5.41) is 2.91. The van der Waals surface area contributed by atoms with Crippen LogP contribution in [0.3, 0.4) is 0 Å². The van der Waals surface area contributed by atoms with E-state index >= 15 is 0 Å². The lowest BCUT2D eigenvalue weighted by Gasteiger charge is -2.26. The molecule has 6 nitrogen and oxygen atoms in total. The van der Waals surface area contributed by atoms with E-state index in [1.807, 2.05) is 31.2 Å². The molecule has 3 aromatic rings. The van der Waals surface area contributed by atoms with Crippen LogP contribution >= 0.6 is 0 Å². The highest BCUT2D eigenvalue weighted by Gasteiger charge is 2.19. The summed E-state index contributed by atoms with van der Waals surface area (Å²) in [6.45, 7) is 7.31. The van der Waals surface area contributed by atoms with Crippen molar-refractivity contribution in [1.82, 2.24) is 10.2 Å². The Balaban J connectivity index is 1.39. The average molecular weight is 492 g/mol. The maximum absolute atomic E-state index is 13.0. The first-order valence-electron chi connectivity index (χ1n) is 12.1. The largest absolute Gasteiger partial charge is 0.348 e. The molecule has 0 aromatic heterocycles. The summed E-state index contributed by atoms with van der Waals surface area (Å²) in [6, 6.07) is 20.2. The predicted molar refractivity (Wildman–Crippen MR) is 140 cm³/mol. The third kappa shape index (κ3) is 6.71. The minimum absolute atomic E-state index is 0.0905. The second-order valence-electron chi connectivity index (χ2n) is 9.29. The van der Waals surface area contributed by atoms with Crippen molar-refractivity contribution >= 4 is 21.6 Å². The minimum Gasteiger partial charge on any atom is -0.348 e. The third-order valence-corrected chi connectivity index (χ3v) is 7.90. The van der Waals surface area contributed by atoms with Crippen molar-refractivity contribution in [2.75, 3.05) is 17.8 Å². The van der Waals surface area contributed by atoms with Crippen LogP contribution in [0.25, 0.3) is 0 Å². The van der Waals surface area contributed by atoms with Gasteiger partial charge in [-0.3, -0.25) is 14.4 Å². The van der Waals surface area contributed by atoms with E-state index in [0.29, 0.717) is 23.4 Å². The number of amides is 1. The van der Waals surface area contributed by atoms with Gasteiger partial charge in [0.05, 0.1) is 4.90 Å². The van der Waals surface area contributed by atoms with Gasteiger partial charge in [-0.2, -0.15) is 0 Å². The van der Waals surface area contributed by atoms with Crippen LogP contribution in [0.4, 0.5) is 5.69 Å². The molecular formula is C28H33N3O3S. The maximum atomic E-state index is 13.0. The number of rotatable bonds is 8. The van der Waals surface area contributed by atoms with Gasteiger partial charge in [0, 0.05) is 24.3 Å². The Morgan fingerprint density at radius 2 is 1.51 bits per heavy atom. The number of carbonyl (C=O) groups is 1. The summed E-state index contributed by atoms with van der Waals surface area (Å²) in [5.41, 5.74) is 4.68. The van der Waals surface area contributed by atoms with E-state index in [0.717, 1.165) is 30.8 Å². The number of aryl methyl sites for hydroxylation is 2. The third-order valence-electron chi connectivity index (χ3n) is 6.37. The normalized spacial score (nSPS) is 14.5. The summed E-state index contributed by atoms with van der Waals surface area (Å²) >= 11 is 0. The molecular weight excluding hydrogens is 458 g/mol. The Kier molecular flexibility index (Phi) is 7.88. The second kappa shape index (κ2) is 11.1. The Hall–Kier alpha value is -3.16. The van der Waals surface area contributed by atoms with Crippen molar-refractivity contribution in [3.63, 3.8) is 0 Å². The highest BCUT2D eigenvalue weighted by atomic mass is 32.2. The topological polar surface area (TPSA) is 78.5 Å². The van der Waals surface area contributed by atoms with Crippen LogP contribution in [0.1, 0.15) is 51.9 Å². The van der Waals surface area contributed by atoms with E-state index in [-0.39, 0.29) is 10.8 Å². The Morgan fingerprint density at radius 3 is 2.20 bits per heavy atom. The molecule has 4 rings (SSSR count). The number of anilines is 1. The van der Waals surface area contributed by atoms with Crippen LogP contribution in [0.15, 0.2) is 71.6 Å². The van der Waals surface area contributed by atoms with Gasteiger partial charge in [-0.15, -0.1) is 0 Å². The molecule has 0 unspecified atom stereocenters. The molecule has 2 N–H and O–H groups in total. The number of benzene rings is 3. The Labute approximate surface area is 208 Å². The molecule has 1 fully saturated rings. The molecule has 1 aliphatic rings. The Bertz CT molecular complexity index is 1260.